The van der Waals surface area contributed by atoms with Crippen molar-refractivity contribution in [1.82, 2.24) is 0 Å². The van der Waals surface area contributed by atoms with E-state index in [1.807, 2.05) is 12.1 Å². The molecular formula is C21H32O4. The molecule has 1 aromatic rings. The number of aliphatic hydroxyl groups is 3. The van der Waals surface area contributed by atoms with Gasteiger partial charge in [0.05, 0.1) is 12.7 Å². The zero-order valence-corrected chi connectivity index (χ0v) is 15.5. The summed E-state index contributed by atoms with van der Waals surface area (Å²) in [7, 11) is 0. The van der Waals surface area contributed by atoms with E-state index in [0.29, 0.717) is 12.2 Å². The van der Waals surface area contributed by atoms with Gasteiger partial charge in [-0.2, -0.15) is 0 Å². The maximum absolute atomic E-state index is 10.5. The maximum atomic E-state index is 10.5. The van der Waals surface area contributed by atoms with E-state index in [-0.39, 0.29) is 13.2 Å². The van der Waals surface area contributed by atoms with Gasteiger partial charge in [-0.3, -0.25) is 0 Å². The van der Waals surface area contributed by atoms with Crippen molar-refractivity contribution in [2.24, 2.45) is 0 Å². The van der Waals surface area contributed by atoms with Crippen LogP contribution in [0.2, 0.25) is 0 Å². The first-order chi connectivity index (χ1) is 12.0. The van der Waals surface area contributed by atoms with Crippen molar-refractivity contribution in [3.63, 3.8) is 0 Å². The van der Waals surface area contributed by atoms with E-state index in [0.717, 1.165) is 49.0 Å². The third kappa shape index (κ3) is 7.43. The van der Waals surface area contributed by atoms with E-state index in [1.165, 1.54) is 5.57 Å². The molecule has 1 unspecified atom stereocenters. The van der Waals surface area contributed by atoms with Gasteiger partial charge in [0.2, 0.25) is 0 Å². The van der Waals surface area contributed by atoms with Gasteiger partial charge in [-0.15, -0.1) is 0 Å². The quantitative estimate of drug-likeness (QED) is 0.490. The predicted molar refractivity (Wildman–Crippen MR) is 102 cm³/mol. The molecule has 4 nitrogen and oxygen atoms in total. The van der Waals surface area contributed by atoms with Crippen molar-refractivity contribution < 1.29 is 19.7 Å². The minimum atomic E-state index is -0.629. The van der Waals surface area contributed by atoms with Crippen molar-refractivity contribution in [2.75, 3.05) is 6.61 Å². The Morgan fingerprint density at radius 1 is 1.16 bits per heavy atom. The molecule has 3 N–H and O–H groups in total. The second-order valence-corrected chi connectivity index (χ2v) is 6.26. The third-order valence-corrected chi connectivity index (χ3v) is 4.12. The summed E-state index contributed by atoms with van der Waals surface area (Å²) >= 11 is 0. The molecule has 0 aliphatic heterocycles. The molecule has 25 heavy (non-hydrogen) atoms. The fourth-order valence-corrected chi connectivity index (χ4v) is 2.89. The summed E-state index contributed by atoms with van der Waals surface area (Å²) in [5, 5.41) is 28.8. The molecule has 0 spiro atoms. The number of aliphatic hydroxyl groups excluding tert-OH is 3. The lowest BCUT2D eigenvalue weighted by Gasteiger charge is -2.18. The standard InChI is InChI=1S/C21H32O4/c1-4-6-16(3)20(12-13-22)21(24)11-8-17(7-5-2)14-18-9-10-19(15-23)25-18/h9-10,12,14,21-24H,3-8,11,13,15H2,1-2H3/b17-14+,20-12-. The summed E-state index contributed by atoms with van der Waals surface area (Å²) in [5.74, 6) is 1.27. The highest BCUT2D eigenvalue weighted by atomic mass is 16.4. The average Bonchev–Trinajstić information content (AvgIpc) is 3.05. The minimum Gasteiger partial charge on any atom is -0.459 e. The van der Waals surface area contributed by atoms with Crippen LogP contribution in [0.4, 0.5) is 0 Å². The van der Waals surface area contributed by atoms with Crippen LogP contribution in [0.15, 0.2) is 45.9 Å². The second-order valence-electron chi connectivity index (χ2n) is 6.26. The van der Waals surface area contributed by atoms with Gasteiger partial charge in [0.15, 0.2) is 0 Å². The molecule has 0 amide bonds. The van der Waals surface area contributed by atoms with Crippen LogP contribution in [-0.2, 0) is 6.61 Å². The maximum Gasteiger partial charge on any atom is 0.130 e. The third-order valence-electron chi connectivity index (χ3n) is 4.12. The molecule has 0 radical (unpaired) electrons. The smallest absolute Gasteiger partial charge is 0.130 e. The lowest BCUT2D eigenvalue weighted by molar-refractivity contribution is 0.200. The molecule has 140 valence electrons. The van der Waals surface area contributed by atoms with Gasteiger partial charge < -0.3 is 19.7 Å². The van der Waals surface area contributed by atoms with Crippen molar-refractivity contribution >= 4 is 6.08 Å². The van der Waals surface area contributed by atoms with E-state index in [4.69, 9.17) is 9.52 Å². The van der Waals surface area contributed by atoms with E-state index in [1.54, 1.807) is 12.1 Å². The fraction of sp³-hybridized carbons (Fsp3) is 0.524. The fourth-order valence-electron chi connectivity index (χ4n) is 2.89. The van der Waals surface area contributed by atoms with Gasteiger partial charge in [-0.25, -0.2) is 0 Å². The summed E-state index contributed by atoms with van der Waals surface area (Å²) in [6.07, 6.45) is 8.06. The molecule has 0 fully saturated rings. The normalized spacial score (nSPS) is 14.0. The Morgan fingerprint density at radius 2 is 1.88 bits per heavy atom. The summed E-state index contributed by atoms with van der Waals surface area (Å²) < 4.78 is 5.53. The van der Waals surface area contributed by atoms with Crippen molar-refractivity contribution in [3.05, 3.63) is 53.0 Å². The van der Waals surface area contributed by atoms with Crippen LogP contribution in [0, 0.1) is 0 Å². The number of allylic oxidation sites excluding steroid dienone is 1. The summed E-state index contributed by atoms with van der Waals surface area (Å²) in [6, 6.07) is 3.61. The molecule has 0 aliphatic carbocycles. The number of hydrogen-bond acceptors (Lipinski definition) is 4. The highest BCUT2D eigenvalue weighted by Crippen LogP contribution is 2.24. The molecule has 1 aromatic heterocycles. The van der Waals surface area contributed by atoms with Crippen LogP contribution in [0.5, 0.6) is 0 Å². The van der Waals surface area contributed by atoms with E-state index >= 15 is 0 Å². The van der Waals surface area contributed by atoms with E-state index < -0.39 is 6.10 Å². The van der Waals surface area contributed by atoms with Gasteiger partial charge >= 0.3 is 0 Å². The molecule has 1 atom stereocenters. The molecule has 0 aliphatic rings. The van der Waals surface area contributed by atoms with Crippen LogP contribution in [0.25, 0.3) is 6.08 Å². The SMILES string of the molecule is C=C(CCC)/C(=C/CO)C(O)CC/C(=C/c1ccc(CO)o1)CCC. The van der Waals surface area contributed by atoms with Crippen LogP contribution in [-0.4, -0.2) is 28.0 Å². The zero-order chi connectivity index (χ0) is 18.7. The van der Waals surface area contributed by atoms with Crippen LogP contribution in [0.1, 0.15) is 63.9 Å². The largest absolute Gasteiger partial charge is 0.459 e. The van der Waals surface area contributed by atoms with E-state index in [2.05, 4.69) is 20.4 Å². The Balaban J connectivity index is 2.77. The molecular weight excluding hydrogens is 316 g/mol. The van der Waals surface area contributed by atoms with Gasteiger partial charge in [0.25, 0.3) is 0 Å². The van der Waals surface area contributed by atoms with Gasteiger partial charge in [0.1, 0.15) is 18.1 Å². The van der Waals surface area contributed by atoms with E-state index in [9.17, 15) is 10.2 Å². The second kappa shape index (κ2) is 11.9. The van der Waals surface area contributed by atoms with Crippen molar-refractivity contribution in [2.45, 2.75) is 65.1 Å². The molecule has 0 aromatic carbocycles. The number of hydrogen-bond donors (Lipinski definition) is 3. The number of rotatable bonds is 12. The Morgan fingerprint density at radius 3 is 2.44 bits per heavy atom. The summed E-state index contributed by atoms with van der Waals surface area (Å²) in [5.41, 5.74) is 2.84. The topological polar surface area (TPSA) is 73.8 Å². The highest BCUT2D eigenvalue weighted by molar-refractivity contribution is 5.47. The first-order valence-electron chi connectivity index (χ1n) is 9.11. The molecule has 1 rings (SSSR count). The van der Waals surface area contributed by atoms with Crippen molar-refractivity contribution in [1.29, 1.82) is 0 Å². The van der Waals surface area contributed by atoms with Gasteiger partial charge in [-0.05, 0) is 55.0 Å². The van der Waals surface area contributed by atoms with Crippen LogP contribution in [0.3, 0.4) is 0 Å². The molecule has 1 heterocycles. The van der Waals surface area contributed by atoms with Gasteiger partial charge in [0, 0.05) is 0 Å². The molecule has 0 saturated carbocycles. The Hall–Kier alpha value is -1.62. The molecule has 0 saturated heterocycles. The average molecular weight is 348 g/mol. The monoisotopic (exact) mass is 348 g/mol. The van der Waals surface area contributed by atoms with Crippen molar-refractivity contribution in [3.8, 4) is 0 Å². The Labute approximate surface area is 151 Å². The first-order valence-corrected chi connectivity index (χ1v) is 9.11. The summed E-state index contributed by atoms with van der Waals surface area (Å²) in [6.45, 7) is 8.02. The summed E-state index contributed by atoms with van der Waals surface area (Å²) in [4.78, 5) is 0. The first kappa shape index (κ1) is 21.4. The molecule has 0 bridgehead atoms. The Bertz CT molecular complexity index is 580. The molecule has 4 heteroatoms. The Kier molecular flexibility index (Phi) is 10.2. The number of furan rings is 1. The van der Waals surface area contributed by atoms with Crippen LogP contribution >= 0.6 is 0 Å². The minimum absolute atomic E-state index is 0.0941. The lowest BCUT2D eigenvalue weighted by Crippen LogP contribution is -2.13. The predicted octanol–water partition coefficient (Wildman–Crippen LogP) is 4.37. The highest BCUT2D eigenvalue weighted by Gasteiger charge is 2.14. The lowest BCUT2D eigenvalue weighted by atomic mass is 9.93. The zero-order valence-electron chi connectivity index (χ0n) is 15.5. The van der Waals surface area contributed by atoms with Crippen LogP contribution < -0.4 is 0 Å². The van der Waals surface area contributed by atoms with Gasteiger partial charge in [-0.1, -0.05) is 44.9 Å².